The van der Waals surface area contributed by atoms with Crippen LogP contribution in [-0.4, -0.2) is 34.8 Å². The zero-order chi connectivity index (χ0) is 13.2. The summed E-state index contributed by atoms with van der Waals surface area (Å²) in [6, 6.07) is 2.02. The second kappa shape index (κ2) is 5.17. The lowest BCUT2D eigenvalue weighted by Crippen LogP contribution is -2.29. The molecule has 2 aromatic rings. The van der Waals surface area contributed by atoms with E-state index in [0.717, 1.165) is 36.7 Å². The van der Waals surface area contributed by atoms with E-state index in [9.17, 15) is 0 Å². The molecule has 5 nitrogen and oxygen atoms in total. The summed E-state index contributed by atoms with van der Waals surface area (Å²) in [6.07, 6.45) is 5.22. The number of ether oxygens (including phenoxy) is 1. The van der Waals surface area contributed by atoms with Gasteiger partial charge in [-0.1, -0.05) is 6.92 Å². The minimum absolute atomic E-state index is 0.479. The van der Waals surface area contributed by atoms with Gasteiger partial charge < -0.3 is 10.1 Å². The number of rotatable bonds is 3. The molecule has 1 atom stereocenters. The van der Waals surface area contributed by atoms with Crippen molar-refractivity contribution in [2.75, 3.05) is 20.2 Å². The first kappa shape index (κ1) is 12.4. The Bertz CT molecular complexity index is 572. The average Bonchev–Trinajstić information content (AvgIpc) is 2.90. The molecule has 19 heavy (non-hydrogen) atoms. The van der Waals surface area contributed by atoms with Crippen LogP contribution in [0.1, 0.15) is 36.9 Å². The van der Waals surface area contributed by atoms with Crippen molar-refractivity contribution in [2.24, 2.45) is 0 Å². The zero-order valence-electron chi connectivity index (χ0n) is 11.5. The van der Waals surface area contributed by atoms with E-state index in [-0.39, 0.29) is 0 Å². The number of methoxy groups -OCH3 is 1. The lowest BCUT2D eigenvalue weighted by Gasteiger charge is -2.22. The van der Waals surface area contributed by atoms with Crippen LogP contribution in [0, 0.1) is 0 Å². The van der Waals surface area contributed by atoms with Crippen molar-refractivity contribution in [1.82, 2.24) is 19.9 Å². The van der Waals surface area contributed by atoms with Crippen molar-refractivity contribution in [3.05, 3.63) is 23.5 Å². The van der Waals surface area contributed by atoms with Gasteiger partial charge >= 0.3 is 0 Å². The molecule has 0 radical (unpaired) electrons. The Morgan fingerprint density at radius 3 is 3.11 bits per heavy atom. The molecule has 0 amide bonds. The third-order valence-electron chi connectivity index (χ3n) is 3.84. The Morgan fingerprint density at radius 2 is 2.42 bits per heavy atom. The Labute approximate surface area is 113 Å². The summed E-state index contributed by atoms with van der Waals surface area (Å²) in [6.45, 7) is 4.24. The maximum atomic E-state index is 5.46. The normalized spacial score (nSPS) is 19.8. The van der Waals surface area contributed by atoms with Crippen molar-refractivity contribution in [3.63, 3.8) is 0 Å². The number of fused-ring (bicyclic) bond motifs is 1. The van der Waals surface area contributed by atoms with Crippen molar-refractivity contribution in [3.8, 4) is 5.88 Å². The van der Waals surface area contributed by atoms with Gasteiger partial charge in [-0.2, -0.15) is 9.61 Å². The highest BCUT2D eigenvalue weighted by Gasteiger charge is 2.19. The minimum atomic E-state index is 0.479. The van der Waals surface area contributed by atoms with Crippen LogP contribution in [0.5, 0.6) is 5.88 Å². The summed E-state index contributed by atoms with van der Waals surface area (Å²) in [5.74, 6) is 1.25. The van der Waals surface area contributed by atoms with E-state index in [1.807, 2.05) is 12.3 Å². The molecule has 1 saturated heterocycles. The highest BCUT2D eigenvalue weighted by atomic mass is 16.5. The predicted molar refractivity (Wildman–Crippen MR) is 73.8 cm³/mol. The molecule has 0 spiro atoms. The Morgan fingerprint density at radius 1 is 1.53 bits per heavy atom. The molecule has 2 aromatic heterocycles. The second-order valence-corrected chi connectivity index (χ2v) is 5.03. The topological polar surface area (TPSA) is 51.5 Å². The number of piperidine rings is 1. The molecule has 1 unspecified atom stereocenters. The van der Waals surface area contributed by atoms with Crippen LogP contribution in [0.25, 0.3) is 5.65 Å². The van der Waals surface area contributed by atoms with Gasteiger partial charge in [0.2, 0.25) is 5.88 Å². The maximum Gasteiger partial charge on any atom is 0.217 e. The largest absolute Gasteiger partial charge is 0.481 e. The molecule has 5 heteroatoms. The van der Waals surface area contributed by atoms with Gasteiger partial charge in [0.05, 0.1) is 19.0 Å². The monoisotopic (exact) mass is 260 g/mol. The minimum Gasteiger partial charge on any atom is -0.481 e. The number of nitrogens with zero attached hydrogens (tertiary/aromatic N) is 3. The van der Waals surface area contributed by atoms with E-state index < -0.39 is 0 Å². The summed E-state index contributed by atoms with van der Waals surface area (Å²) < 4.78 is 7.25. The fourth-order valence-electron chi connectivity index (χ4n) is 2.71. The molecular formula is C14H20N4O. The van der Waals surface area contributed by atoms with Gasteiger partial charge in [-0.15, -0.1) is 0 Å². The summed E-state index contributed by atoms with van der Waals surface area (Å²) in [5.41, 5.74) is 3.22. The molecule has 1 aliphatic rings. The Hall–Kier alpha value is -1.62. The van der Waals surface area contributed by atoms with Gasteiger partial charge in [-0.05, 0) is 25.8 Å². The molecule has 0 aliphatic carbocycles. The van der Waals surface area contributed by atoms with E-state index in [1.54, 1.807) is 11.6 Å². The third kappa shape index (κ3) is 2.18. The molecule has 1 N–H and O–H groups in total. The molecule has 3 rings (SSSR count). The lowest BCUT2D eigenvalue weighted by molar-refractivity contribution is 0.381. The first-order valence-corrected chi connectivity index (χ1v) is 6.95. The van der Waals surface area contributed by atoms with E-state index in [1.165, 1.54) is 18.4 Å². The van der Waals surface area contributed by atoms with Gasteiger partial charge in [0.25, 0.3) is 0 Å². The smallest absolute Gasteiger partial charge is 0.217 e. The van der Waals surface area contributed by atoms with Crippen molar-refractivity contribution >= 4 is 5.65 Å². The highest BCUT2D eigenvalue weighted by Crippen LogP contribution is 2.26. The standard InChI is InChI=1S/C14H20N4O/c1-3-10-9-16-18-13(19-2)7-12(17-14(10)18)11-5-4-6-15-8-11/h7,9,11,15H,3-6,8H2,1-2H3. The summed E-state index contributed by atoms with van der Waals surface area (Å²) in [4.78, 5) is 4.82. The van der Waals surface area contributed by atoms with Gasteiger partial charge in [0.15, 0.2) is 5.65 Å². The van der Waals surface area contributed by atoms with E-state index >= 15 is 0 Å². The van der Waals surface area contributed by atoms with Crippen LogP contribution in [0.2, 0.25) is 0 Å². The van der Waals surface area contributed by atoms with Crippen LogP contribution in [0.4, 0.5) is 0 Å². The predicted octanol–water partition coefficient (Wildman–Crippen LogP) is 1.77. The number of hydrogen-bond donors (Lipinski definition) is 1. The van der Waals surface area contributed by atoms with Gasteiger partial charge in [-0.25, -0.2) is 4.98 Å². The van der Waals surface area contributed by atoms with Gasteiger partial charge in [0, 0.05) is 24.1 Å². The quantitative estimate of drug-likeness (QED) is 0.913. The van der Waals surface area contributed by atoms with E-state index in [4.69, 9.17) is 9.72 Å². The van der Waals surface area contributed by atoms with Crippen LogP contribution in [-0.2, 0) is 6.42 Å². The average molecular weight is 260 g/mol. The van der Waals surface area contributed by atoms with Crippen molar-refractivity contribution in [1.29, 1.82) is 0 Å². The summed E-state index contributed by atoms with van der Waals surface area (Å²) in [7, 11) is 1.69. The van der Waals surface area contributed by atoms with Gasteiger partial charge in [-0.3, -0.25) is 0 Å². The molecule has 1 aliphatic heterocycles. The zero-order valence-corrected chi connectivity index (χ0v) is 11.5. The first-order valence-electron chi connectivity index (χ1n) is 6.95. The van der Waals surface area contributed by atoms with Crippen LogP contribution in [0.3, 0.4) is 0 Å². The highest BCUT2D eigenvalue weighted by molar-refractivity contribution is 5.49. The van der Waals surface area contributed by atoms with E-state index in [0.29, 0.717) is 5.92 Å². The lowest BCUT2D eigenvalue weighted by atomic mass is 9.96. The Balaban J connectivity index is 2.08. The molecule has 1 fully saturated rings. The molecule has 102 valence electrons. The maximum absolute atomic E-state index is 5.46. The molecule has 3 heterocycles. The fraction of sp³-hybridized carbons (Fsp3) is 0.571. The molecule has 0 aromatic carbocycles. The SMILES string of the molecule is CCc1cnn2c(OC)cc(C3CCCNC3)nc12. The first-order chi connectivity index (χ1) is 9.33. The molecule has 0 saturated carbocycles. The molecule has 0 bridgehead atoms. The number of aryl methyl sites for hydroxylation is 1. The van der Waals surface area contributed by atoms with Crippen LogP contribution in [0.15, 0.2) is 12.3 Å². The third-order valence-corrected chi connectivity index (χ3v) is 3.84. The van der Waals surface area contributed by atoms with Crippen molar-refractivity contribution in [2.45, 2.75) is 32.1 Å². The van der Waals surface area contributed by atoms with E-state index in [2.05, 4.69) is 17.3 Å². The second-order valence-electron chi connectivity index (χ2n) is 5.03. The number of nitrogens with one attached hydrogen (secondary N) is 1. The van der Waals surface area contributed by atoms with Crippen LogP contribution >= 0.6 is 0 Å². The fourth-order valence-corrected chi connectivity index (χ4v) is 2.71. The van der Waals surface area contributed by atoms with Gasteiger partial charge in [0.1, 0.15) is 0 Å². The summed E-state index contributed by atoms with van der Waals surface area (Å²) in [5, 5.41) is 7.80. The summed E-state index contributed by atoms with van der Waals surface area (Å²) >= 11 is 0. The van der Waals surface area contributed by atoms with Crippen LogP contribution < -0.4 is 10.1 Å². The van der Waals surface area contributed by atoms with Crippen molar-refractivity contribution < 1.29 is 4.74 Å². The Kier molecular flexibility index (Phi) is 3.38. The molecular weight excluding hydrogens is 240 g/mol. The number of hydrogen-bond acceptors (Lipinski definition) is 4. The number of aromatic nitrogens is 3.